The number of aromatic amines is 1. The van der Waals surface area contributed by atoms with Crippen molar-refractivity contribution in [2.24, 2.45) is 10.8 Å². The number of carbonyl (C=O) groups excluding carboxylic acids is 2. The van der Waals surface area contributed by atoms with Crippen LogP contribution in [0, 0.1) is 10.8 Å². The number of hydrogen-bond acceptors (Lipinski definition) is 2. The SMILES string of the molecule is CC1(C)CC2CC(C)(CN2C(=O)c2ccc3[nH]cc(C(=O)NCc4ccc(C(F)(F)F)cc4)c3c2)C1. The molecule has 1 saturated carbocycles. The molecule has 2 amide bonds. The van der Waals surface area contributed by atoms with E-state index in [0.717, 1.165) is 43.5 Å². The highest BCUT2D eigenvalue weighted by Gasteiger charge is 2.51. The zero-order chi connectivity index (χ0) is 25.9. The second-order valence-electron chi connectivity index (χ2n) is 11.5. The second-order valence-corrected chi connectivity index (χ2v) is 11.5. The van der Waals surface area contributed by atoms with Crippen molar-refractivity contribution in [1.82, 2.24) is 15.2 Å². The number of nitrogens with one attached hydrogen (secondary N) is 2. The number of fused-ring (bicyclic) bond motifs is 3. The van der Waals surface area contributed by atoms with Gasteiger partial charge in [-0.05, 0) is 66.0 Å². The summed E-state index contributed by atoms with van der Waals surface area (Å²) in [7, 11) is 0. The Kier molecular flexibility index (Phi) is 5.69. The molecule has 5 rings (SSSR count). The molecule has 2 bridgehead atoms. The van der Waals surface area contributed by atoms with Crippen LogP contribution in [-0.4, -0.2) is 34.3 Å². The maximum atomic E-state index is 13.5. The Morgan fingerprint density at radius 3 is 2.50 bits per heavy atom. The quantitative estimate of drug-likeness (QED) is 0.454. The Labute approximate surface area is 208 Å². The third-order valence-corrected chi connectivity index (χ3v) is 7.58. The maximum absolute atomic E-state index is 13.5. The van der Waals surface area contributed by atoms with Gasteiger partial charge in [0, 0.05) is 41.8 Å². The van der Waals surface area contributed by atoms with Crippen LogP contribution in [0.1, 0.15) is 71.9 Å². The lowest BCUT2D eigenvalue weighted by atomic mass is 9.65. The van der Waals surface area contributed by atoms with Crippen molar-refractivity contribution in [3.8, 4) is 0 Å². The molecule has 1 saturated heterocycles. The molecule has 1 aliphatic heterocycles. The van der Waals surface area contributed by atoms with E-state index in [0.29, 0.717) is 22.1 Å². The second kappa shape index (κ2) is 8.39. The van der Waals surface area contributed by atoms with E-state index in [9.17, 15) is 22.8 Å². The minimum Gasteiger partial charge on any atom is -0.360 e. The van der Waals surface area contributed by atoms with Crippen molar-refractivity contribution in [3.63, 3.8) is 0 Å². The number of likely N-dealkylation sites (tertiary alicyclic amines) is 1. The van der Waals surface area contributed by atoms with E-state index in [1.165, 1.54) is 12.1 Å². The van der Waals surface area contributed by atoms with Crippen molar-refractivity contribution in [3.05, 3.63) is 70.9 Å². The zero-order valence-electron chi connectivity index (χ0n) is 20.6. The first-order chi connectivity index (χ1) is 16.8. The molecule has 36 heavy (non-hydrogen) atoms. The molecule has 2 aromatic carbocycles. The Morgan fingerprint density at radius 1 is 1.08 bits per heavy atom. The van der Waals surface area contributed by atoms with Crippen LogP contribution in [0.4, 0.5) is 13.2 Å². The van der Waals surface area contributed by atoms with Crippen LogP contribution in [0.5, 0.6) is 0 Å². The van der Waals surface area contributed by atoms with Crippen molar-refractivity contribution in [2.75, 3.05) is 6.54 Å². The molecule has 2 aliphatic rings. The standard InChI is InChI=1S/C28H30F3N3O2/c1-26(2)11-20-12-27(3,15-26)16-34(20)25(36)18-6-9-23-21(10-18)22(14-32-23)24(35)33-13-17-4-7-19(8-5-17)28(29,30)31/h4-10,14,20,32H,11-13,15-16H2,1-3H3,(H,33,35). The van der Waals surface area contributed by atoms with E-state index in [1.54, 1.807) is 18.3 Å². The summed E-state index contributed by atoms with van der Waals surface area (Å²) in [6.45, 7) is 7.64. The summed E-state index contributed by atoms with van der Waals surface area (Å²) in [5.74, 6) is -0.377. The van der Waals surface area contributed by atoms with Gasteiger partial charge in [-0.1, -0.05) is 32.9 Å². The lowest BCUT2D eigenvalue weighted by Gasteiger charge is -2.39. The zero-order valence-corrected chi connectivity index (χ0v) is 20.6. The van der Waals surface area contributed by atoms with Gasteiger partial charge in [-0.2, -0.15) is 13.2 Å². The van der Waals surface area contributed by atoms with Crippen LogP contribution < -0.4 is 5.32 Å². The summed E-state index contributed by atoms with van der Waals surface area (Å²) in [6.07, 6.45) is 0.293. The first-order valence-corrected chi connectivity index (χ1v) is 12.2. The number of H-pyrrole nitrogens is 1. The highest BCUT2D eigenvalue weighted by atomic mass is 19.4. The molecular formula is C28H30F3N3O2. The number of nitrogens with zero attached hydrogens (tertiary/aromatic N) is 1. The van der Waals surface area contributed by atoms with Crippen molar-refractivity contribution >= 4 is 22.7 Å². The number of carbonyl (C=O) groups is 2. The number of benzene rings is 2. The summed E-state index contributed by atoms with van der Waals surface area (Å²) in [5.41, 5.74) is 1.83. The summed E-state index contributed by atoms with van der Waals surface area (Å²) in [5, 5.41) is 3.40. The van der Waals surface area contributed by atoms with E-state index in [-0.39, 0.29) is 35.2 Å². The molecule has 2 unspecified atom stereocenters. The van der Waals surface area contributed by atoms with E-state index in [2.05, 4.69) is 31.1 Å². The smallest absolute Gasteiger partial charge is 0.360 e. The minimum absolute atomic E-state index is 0.0133. The predicted octanol–water partition coefficient (Wildman–Crippen LogP) is 6.16. The number of aromatic nitrogens is 1. The summed E-state index contributed by atoms with van der Waals surface area (Å²) < 4.78 is 38.3. The normalized spacial score (nSPS) is 23.2. The maximum Gasteiger partial charge on any atom is 0.416 e. The molecule has 0 radical (unpaired) electrons. The molecule has 2 atom stereocenters. The van der Waals surface area contributed by atoms with Crippen LogP contribution in [0.2, 0.25) is 0 Å². The fourth-order valence-corrected chi connectivity index (χ4v) is 6.39. The topological polar surface area (TPSA) is 65.2 Å². The van der Waals surface area contributed by atoms with E-state index in [1.807, 2.05) is 11.0 Å². The number of amides is 2. The minimum atomic E-state index is -4.40. The molecule has 1 aliphatic carbocycles. The number of halogens is 3. The highest BCUT2D eigenvalue weighted by Crippen LogP contribution is 2.52. The van der Waals surface area contributed by atoms with E-state index in [4.69, 9.17) is 0 Å². The Bertz CT molecular complexity index is 1330. The average Bonchev–Trinajstić information content (AvgIpc) is 3.33. The summed E-state index contributed by atoms with van der Waals surface area (Å²) in [6, 6.07) is 10.3. The van der Waals surface area contributed by atoms with Crippen LogP contribution in [-0.2, 0) is 12.7 Å². The Balaban J connectivity index is 1.32. The molecule has 2 heterocycles. The van der Waals surface area contributed by atoms with Gasteiger partial charge >= 0.3 is 6.18 Å². The molecule has 2 fully saturated rings. The lowest BCUT2D eigenvalue weighted by Crippen LogP contribution is -2.37. The van der Waals surface area contributed by atoms with E-state index >= 15 is 0 Å². The molecule has 1 aromatic heterocycles. The van der Waals surface area contributed by atoms with Gasteiger partial charge in [0.15, 0.2) is 0 Å². The molecular weight excluding hydrogens is 467 g/mol. The van der Waals surface area contributed by atoms with Crippen molar-refractivity contribution < 1.29 is 22.8 Å². The predicted molar refractivity (Wildman–Crippen MR) is 131 cm³/mol. The van der Waals surface area contributed by atoms with Gasteiger partial charge in [0.25, 0.3) is 11.8 Å². The van der Waals surface area contributed by atoms with Crippen LogP contribution in [0.25, 0.3) is 10.9 Å². The number of alkyl halides is 3. The van der Waals surface area contributed by atoms with Gasteiger partial charge < -0.3 is 15.2 Å². The summed E-state index contributed by atoms with van der Waals surface area (Å²) in [4.78, 5) is 31.5. The van der Waals surface area contributed by atoms with Gasteiger partial charge in [0.05, 0.1) is 11.1 Å². The molecule has 190 valence electrons. The number of hydrogen-bond donors (Lipinski definition) is 2. The number of rotatable bonds is 4. The van der Waals surface area contributed by atoms with Crippen LogP contribution in [0.3, 0.4) is 0 Å². The largest absolute Gasteiger partial charge is 0.416 e. The first kappa shape index (κ1) is 24.4. The molecule has 5 nitrogen and oxygen atoms in total. The molecule has 8 heteroatoms. The highest BCUT2D eigenvalue weighted by molar-refractivity contribution is 6.09. The summed E-state index contributed by atoms with van der Waals surface area (Å²) >= 11 is 0. The van der Waals surface area contributed by atoms with Gasteiger partial charge in [0.2, 0.25) is 0 Å². The molecule has 3 aromatic rings. The first-order valence-electron chi connectivity index (χ1n) is 12.2. The molecule has 0 spiro atoms. The average molecular weight is 498 g/mol. The molecule has 2 N–H and O–H groups in total. The van der Waals surface area contributed by atoms with Gasteiger partial charge in [-0.3, -0.25) is 9.59 Å². The van der Waals surface area contributed by atoms with Gasteiger partial charge in [0.1, 0.15) is 0 Å². The Hall–Kier alpha value is -3.29. The van der Waals surface area contributed by atoms with Crippen molar-refractivity contribution in [2.45, 2.75) is 58.8 Å². The van der Waals surface area contributed by atoms with Crippen LogP contribution in [0.15, 0.2) is 48.7 Å². The fourth-order valence-electron chi connectivity index (χ4n) is 6.39. The third-order valence-electron chi connectivity index (χ3n) is 7.58. The van der Waals surface area contributed by atoms with Crippen LogP contribution >= 0.6 is 0 Å². The van der Waals surface area contributed by atoms with Gasteiger partial charge in [-0.25, -0.2) is 0 Å². The Morgan fingerprint density at radius 2 is 1.81 bits per heavy atom. The van der Waals surface area contributed by atoms with Gasteiger partial charge in [-0.15, -0.1) is 0 Å². The monoisotopic (exact) mass is 497 g/mol. The van der Waals surface area contributed by atoms with Crippen molar-refractivity contribution in [1.29, 1.82) is 0 Å². The lowest BCUT2D eigenvalue weighted by molar-refractivity contribution is -0.137. The van der Waals surface area contributed by atoms with E-state index < -0.39 is 11.7 Å². The third kappa shape index (κ3) is 4.61. The fraction of sp³-hybridized carbons (Fsp3) is 0.429.